The van der Waals surface area contributed by atoms with E-state index in [9.17, 15) is 31.2 Å². The second-order valence-electron chi connectivity index (χ2n) is 10.0. The zero-order chi connectivity index (χ0) is 27.9. The number of halogens is 4. The summed E-state index contributed by atoms with van der Waals surface area (Å²) in [6.07, 6.45) is -0.673. The molecule has 0 aliphatic heterocycles. The van der Waals surface area contributed by atoms with Gasteiger partial charge in [-0.25, -0.2) is 17.5 Å². The molecular weight excluding hydrogens is 532 g/mol. The predicted octanol–water partition coefficient (Wildman–Crippen LogP) is 5.75. The Morgan fingerprint density at radius 1 is 1.18 bits per heavy atom. The fraction of sp³-hybridized carbons (Fsp3) is 0.357. The molecule has 0 spiro atoms. The molecule has 0 saturated heterocycles. The van der Waals surface area contributed by atoms with E-state index in [0.29, 0.717) is 12.8 Å². The first-order valence-corrected chi connectivity index (χ1v) is 14.1. The molecule has 1 heterocycles. The van der Waals surface area contributed by atoms with Crippen LogP contribution in [0.3, 0.4) is 0 Å². The maximum Gasteiger partial charge on any atom is 0.416 e. The van der Waals surface area contributed by atoms with Crippen molar-refractivity contribution in [1.82, 2.24) is 14.1 Å². The van der Waals surface area contributed by atoms with Gasteiger partial charge < -0.3 is 0 Å². The fourth-order valence-electron chi connectivity index (χ4n) is 5.82. The third kappa shape index (κ3) is 5.36. The average Bonchev–Trinajstić information content (AvgIpc) is 3.49. The van der Waals surface area contributed by atoms with Gasteiger partial charge in [0.05, 0.1) is 35.0 Å². The lowest BCUT2D eigenvalue weighted by atomic mass is 9.80. The van der Waals surface area contributed by atoms with Crippen LogP contribution in [0, 0.1) is 23.1 Å². The van der Waals surface area contributed by atoms with Crippen LogP contribution in [0.15, 0.2) is 65.9 Å². The van der Waals surface area contributed by atoms with Crippen molar-refractivity contribution in [3.8, 4) is 11.8 Å². The van der Waals surface area contributed by atoms with E-state index in [4.69, 9.17) is 0 Å². The van der Waals surface area contributed by atoms with Gasteiger partial charge in [0.2, 0.25) is 10.0 Å². The van der Waals surface area contributed by atoms with E-state index in [2.05, 4.69) is 5.10 Å². The number of aromatic nitrogens is 2. The molecule has 2 aromatic carbocycles. The molecule has 0 amide bonds. The molecule has 1 aromatic heterocycles. The summed E-state index contributed by atoms with van der Waals surface area (Å²) in [5.74, 6) is -1.11. The van der Waals surface area contributed by atoms with Crippen molar-refractivity contribution in [3.05, 3.63) is 94.1 Å². The first kappa shape index (κ1) is 27.1. The maximum absolute atomic E-state index is 13.4. The van der Waals surface area contributed by atoms with Crippen LogP contribution in [-0.2, 0) is 28.4 Å². The van der Waals surface area contributed by atoms with E-state index >= 15 is 0 Å². The molecule has 6 nitrogen and oxygen atoms in total. The number of allylic oxidation sites excluding steroid dienone is 1. The van der Waals surface area contributed by atoms with Gasteiger partial charge in [0.1, 0.15) is 12.4 Å². The lowest BCUT2D eigenvalue weighted by Crippen LogP contribution is -2.37. The van der Waals surface area contributed by atoms with Crippen molar-refractivity contribution in [2.24, 2.45) is 5.92 Å². The Bertz CT molecular complexity index is 1570. The molecule has 0 radical (unpaired) electrons. The minimum atomic E-state index is -4.58. The van der Waals surface area contributed by atoms with Crippen LogP contribution in [0.25, 0.3) is 5.69 Å². The van der Waals surface area contributed by atoms with Gasteiger partial charge in [0, 0.05) is 24.4 Å². The second-order valence-corrected chi connectivity index (χ2v) is 12.0. The van der Waals surface area contributed by atoms with Gasteiger partial charge in [-0.15, -0.1) is 0 Å². The highest BCUT2D eigenvalue weighted by Gasteiger charge is 2.38. The fourth-order valence-corrected chi connectivity index (χ4v) is 7.26. The highest BCUT2D eigenvalue weighted by molar-refractivity contribution is 7.88. The standard InChI is InChI=1S/C28H26F4N4O2S/c1-18-25-15-34-36(24-9-7-23(29)8-10-24)26(25)14-20-5-6-21(27(18)20)16-35(12-11-33)39(37,38)17-19-3-2-4-22(13-19)28(30,31)32/h2-4,7-10,13,15,18,21H,5-6,12,14,16-17H2,1H3/t18-,21+/m0/s1. The summed E-state index contributed by atoms with van der Waals surface area (Å²) < 4.78 is 82.3. The molecule has 2 aliphatic carbocycles. The van der Waals surface area contributed by atoms with Gasteiger partial charge in [0.15, 0.2) is 0 Å². The van der Waals surface area contributed by atoms with Crippen molar-refractivity contribution >= 4 is 10.0 Å². The Kier molecular flexibility index (Phi) is 7.11. The van der Waals surface area contributed by atoms with Gasteiger partial charge in [-0.2, -0.15) is 27.8 Å². The average molecular weight is 559 g/mol. The molecule has 0 bridgehead atoms. The number of benzene rings is 2. The summed E-state index contributed by atoms with van der Waals surface area (Å²) in [5, 5.41) is 13.9. The van der Waals surface area contributed by atoms with Crippen LogP contribution in [-0.4, -0.2) is 35.6 Å². The van der Waals surface area contributed by atoms with Crippen LogP contribution in [0.2, 0.25) is 0 Å². The van der Waals surface area contributed by atoms with Gasteiger partial charge in [-0.1, -0.05) is 36.3 Å². The van der Waals surface area contributed by atoms with Crippen LogP contribution in [0.5, 0.6) is 0 Å². The summed E-state index contributed by atoms with van der Waals surface area (Å²) >= 11 is 0. The molecule has 11 heteroatoms. The summed E-state index contributed by atoms with van der Waals surface area (Å²) in [6.45, 7) is 1.75. The predicted molar refractivity (Wildman–Crippen MR) is 137 cm³/mol. The number of hydrogen-bond donors (Lipinski definition) is 0. The number of hydrogen-bond acceptors (Lipinski definition) is 4. The topological polar surface area (TPSA) is 79.0 Å². The Hall–Kier alpha value is -3.49. The van der Waals surface area contributed by atoms with Crippen molar-refractivity contribution in [3.63, 3.8) is 0 Å². The number of sulfonamides is 1. The highest BCUT2D eigenvalue weighted by Crippen LogP contribution is 2.47. The SMILES string of the molecule is C[C@@H]1C2=C(CC[C@@H]2CN(CC#N)S(=O)(=O)Cc2cccc(C(F)(F)F)c2)Cc2c1cnn2-c1ccc(F)cc1. The Morgan fingerprint density at radius 2 is 1.92 bits per heavy atom. The minimum absolute atomic E-state index is 0.0166. The van der Waals surface area contributed by atoms with Crippen LogP contribution in [0.1, 0.15) is 48.1 Å². The lowest BCUT2D eigenvalue weighted by Gasteiger charge is -2.30. The van der Waals surface area contributed by atoms with Crippen LogP contribution >= 0.6 is 0 Å². The van der Waals surface area contributed by atoms with E-state index in [-0.39, 0.29) is 36.3 Å². The normalized spacial score (nSPS) is 19.2. The highest BCUT2D eigenvalue weighted by atomic mass is 32.2. The smallest absolute Gasteiger partial charge is 0.237 e. The number of nitriles is 1. The maximum atomic E-state index is 13.4. The number of alkyl halides is 3. The monoisotopic (exact) mass is 558 g/mol. The van der Waals surface area contributed by atoms with Crippen molar-refractivity contribution in [1.29, 1.82) is 5.26 Å². The van der Waals surface area contributed by atoms with Crippen molar-refractivity contribution < 1.29 is 26.0 Å². The molecule has 2 aliphatic rings. The van der Waals surface area contributed by atoms with Crippen LogP contribution < -0.4 is 0 Å². The van der Waals surface area contributed by atoms with Gasteiger partial charge in [0.25, 0.3) is 0 Å². The van der Waals surface area contributed by atoms with Gasteiger partial charge >= 0.3 is 6.18 Å². The Balaban J connectivity index is 1.38. The zero-order valence-corrected chi connectivity index (χ0v) is 21.9. The van der Waals surface area contributed by atoms with E-state index in [1.807, 2.05) is 17.7 Å². The number of fused-ring (bicyclic) bond motifs is 1. The van der Waals surface area contributed by atoms with Gasteiger partial charge in [-0.3, -0.25) is 0 Å². The number of rotatable bonds is 7. The number of nitrogens with zero attached hydrogens (tertiary/aromatic N) is 4. The molecule has 5 rings (SSSR count). The molecule has 0 N–H and O–H groups in total. The minimum Gasteiger partial charge on any atom is -0.237 e. The lowest BCUT2D eigenvalue weighted by molar-refractivity contribution is -0.137. The summed E-state index contributed by atoms with van der Waals surface area (Å²) in [5.41, 5.74) is 4.23. The summed E-state index contributed by atoms with van der Waals surface area (Å²) in [6, 6.07) is 12.3. The molecule has 3 aromatic rings. The van der Waals surface area contributed by atoms with Crippen molar-refractivity contribution in [2.45, 2.75) is 44.0 Å². The van der Waals surface area contributed by atoms with E-state index < -0.39 is 27.5 Å². The first-order chi connectivity index (χ1) is 18.5. The molecule has 204 valence electrons. The Labute approximate surface area is 224 Å². The summed E-state index contributed by atoms with van der Waals surface area (Å²) in [4.78, 5) is 0. The van der Waals surface area contributed by atoms with Gasteiger partial charge in [-0.05, 0) is 54.7 Å². The van der Waals surface area contributed by atoms with E-state index in [1.165, 1.54) is 29.8 Å². The van der Waals surface area contributed by atoms with E-state index in [0.717, 1.165) is 45.4 Å². The second kappa shape index (κ2) is 10.2. The van der Waals surface area contributed by atoms with Crippen molar-refractivity contribution in [2.75, 3.05) is 13.1 Å². The van der Waals surface area contributed by atoms with Crippen LogP contribution in [0.4, 0.5) is 17.6 Å². The molecule has 2 atom stereocenters. The molecule has 39 heavy (non-hydrogen) atoms. The third-order valence-corrected chi connectivity index (χ3v) is 9.36. The zero-order valence-electron chi connectivity index (χ0n) is 21.1. The Morgan fingerprint density at radius 3 is 2.62 bits per heavy atom. The van der Waals surface area contributed by atoms with E-state index in [1.54, 1.807) is 18.3 Å². The summed E-state index contributed by atoms with van der Waals surface area (Å²) in [7, 11) is -4.06. The largest absolute Gasteiger partial charge is 0.416 e. The molecule has 0 fully saturated rings. The molecular formula is C28H26F4N4O2S. The quantitative estimate of drug-likeness (QED) is 0.210. The molecule has 0 unspecified atom stereocenters. The molecule has 0 saturated carbocycles. The third-order valence-electron chi connectivity index (χ3n) is 7.60. The first-order valence-electron chi connectivity index (χ1n) is 12.5.